The lowest BCUT2D eigenvalue weighted by Gasteiger charge is -2.14. The second-order valence-corrected chi connectivity index (χ2v) is 7.90. The van der Waals surface area contributed by atoms with E-state index in [-0.39, 0.29) is 16.3 Å². The van der Waals surface area contributed by atoms with Crippen molar-refractivity contribution < 1.29 is 8.42 Å². The van der Waals surface area contributed by atoms with Crippen LogP contribution in [0.1, 0.15) is 26.5 Å². The Morgan fingerprint density at radius 2 is 2.05 bits per heavy atom. The molecule has 2 heterocycles. The number of hydrogen-bond donors (Lipinski definition) is 2. The molecule has 0 spiro atoms. The molecule has 0 saturated heterocycles. The van der Waals surface area contributed by atoms with Crippen LogP contribution in [-0.4, -0.2) is 23.0 Å². The van der Waals surface area contributed by atoms with Gasteiger partial charge < -0.3 is 10.3 Å². The Labute approximate surface area is 121 Å². The van der Waals surface area contributed by atoms with E-state index < -0.39 is 10.0 Å². The van der Waals surface area contributed by atoms with Gasteiger partial charge in [-0.1, -0.05) is 20.8 Å². The van der Waals surface area contributed by atoms with Gasteiger partial charge in [0.15, 0.2) is 16.0 Å². The fourth-order valence-electron chi connectivity index (χ4n) is 1.59. The van der Waals surface area contributed by atoms with E-state index in [1.807, 2.05) is 26.2 Å². The summed E-state index contributed by atoms with van der Waals surface area (Å²) in [5, 5.41) is 2.09. The number of hydrogen-bond acceptors (Lipinski definition) is 6. The van der Waals surface area contributed by atoms with Gasteiger partial charge in [0.1, 0.15) is 0 Å². The van der Waals surface area contributed by atoms with Crippen molar-refractivity contribution in [3.8, 4) is 0 Å². The first-order valence-electron chi connectivity index (χ1n) is 5.87. The van der Waals surface area contributed by atoms with Crippen molar-refractivity contribution in [2.45, 2.75) is 31.2 Å². The topological polar surface area (TPSA) is 103 Å². The zero-order chi connectivity index (χ0) is 15.1. The van der Waals surface area contributed by atoms with Crippen LogP contribution in [0.25, 0.3) is 0 Å². The minimum Gasteiger partial charge on any atom is -0.381 e. The van der Waals surface area contributed by atoms with Crippen LogP contribution in [-0.2, 0) is 22.5 Å². The molecule has 2 aromatic rings. The fourth-order valence-corrected chi connectivity index (χ4v) is 4.02. The number of anilines is 2. The largest absolute Gasteiger partial charge is 0.381 e. The summed E-state index contributed by atoms with van der Waals surface area (Å²) in [6.07, 6.45) is 1.35. The lowest BCUT2D eigenvalue weighted by Crippen LogP contribution is -2.18. The van der Waals surface area contributed by atoms with Crippen LogP contribution in [0.3, 0.4) is 0 Å². The summed E-state index contributed by atoms with van der Waals surface area (Å²) in [6, 6.07) is 0. The van der Waals surface area contributed by atoms with Crippen LogP contribution < -0.4 is 10.5 Å². The number of aromatic nitrogens is 3. The molecule has 2 aromatic heterocycles. The summed E-state index contributed by atoms with van der Waals surface area (Å²) in [7, 11) is -2.22. The van der Waals surface area contributed by atoms with Gasteiger partial charge in [0.2, 0.25) is 0 Å². The number of sulfonamides is 1. The number of nitrogens with one attached hydrogen (secondary N) is 1. The maximum atomic E-state index is 12.3. The molecule has 9 heteroatoms. The third-order valence-electron chi connectivity index (χ3n) is 2.66. The van der Waals surface area contributed by atoms with Gasteiger partial charge in [-0.15, -0.1) is 11.3 Å². The minimum atomic E-state index is -3.79. The summed E-state index contributed by atoms with van der Waals surface area (Å²) in [4.78, 5) is 8.07. The van der Waals surface area contributed by atoms with Crippen LogP contribution >= 0.6 is 11.3 Å². The van der Waals surface area contributed by atoms with E-state index in [4.69, 9.17) is 5.73 Å². The second kappa shape index (κ2) is 4.74. The van der Waals surface area contributed by atoms with Crippen LogP contribution in [0.4, 0.5) is 10.9 Å². The van der Waals surface area contributed by atoms with Gasteiger partial charge in [-0.3, -0.25) is 4.72 Å². The van der Waals surface area contributed by atoms with Crippen molar-refractivity contribution in [1.82, 2.24) is 14.5 Å². The van der Waals surface area contributed by atoms with E-state index in [2.05, 4.69) is 14.7 Å². The molecule has 0 aliphatic carbocycles. The highest BCUT2D eigenvalue weighted by Gasteiger charge is 2.25. The number of rotatable bonds is 3. The van der Waals surface area contributed by atoms with E-state index in [9.17, 15) is 8.42 Å². The maximum absolute atomic E-state index is 12.3. The molecule has 3 N–H and O–H groups in total. The third kappa shape index (κ3) is 2.78. The van der Waals surface area contributed by atoms with Crippen molar-refractivity contribution in [3.05, 3.63) is 17.4 Å². The SMILES string of the molecule is Cn1cnc(N)c1S(=O)(=O)Nc1nc(C(C)(C)C)cs1. The number of thiazole rings is 1. The molecule has 0 unspecified atom stereocenters. The molecule has 0 radical (unpaired) electrons. The zero-order valence-electron chi connectivity index (χ0n) is 11.7. The van der Waals surface area contributed by atoms with Crippen molar-refractivity contribution in [2.75, 3.05) is 10.5 Å². The molecule has 7 nitrogen and oxygen atoms in total. The summed E-state index contributed by atoms with van der Waals surface area (Å²) in [5.74, 6) is -0.0346. The van der Waals surface area contributed by atoms with Gasteiger partial charge in [-0.05, 0) is 0 Å². The first kappa shape index (κ1) is 14.8. The number of imidazole rings is 1. The Morgan fingerprint density at radius 3 is 2.50 bits per heavy atom. The van der Waals surface area contributed by atoms with E-state index in [0.29, 0.717) is 5.13 Å². The van der Waals surface area contributed by atoms with Gasteiger partial charge in [0, 0.05) is 17.8 Å². The second-order valence-electron chi connectivity index (χ2n) is 5.44. The first-order chi connectivity index (χ1) is 9.11. The van der Waals surface area contributed by atoms with E-state index >= 15 is 0 Å². The van der Waals surface area contributed by atoms with Crippen molar-refractivity contribution in [1.29, 1.82) is 0 Å². The van der Waals surface area contributed by atoms with Gasteiger partial charge in [0.25, 0.3) is 10.0 Å². The van der Waals surface area contributed by atoms with E-state index in [0.717, 1.165) is 5.69 Å². The van der Waals surface area contributed by atoms with Crippen molar-refractivity contribution in [2.24, 2.45) is 7.05 Å². The highest BCUT2D eigenvalue weighted by atomic mass is 32.2. The monoisotopic (exact) mass is 315 g/mol. The molecular formula is C11H17N5O2S2. The van der Waals surface area contributed by atoms with E-state index in [1.54, 1.807) is 7.05 Å². The summed E-state index contributed by atoms with van der Waals surface area (Å²) < 4.78 is 28.3. The molecule has 0 bridgehead atoms. The fraction of sp³-hybridized carbons (Fsp3) is 0.455. The predicted molar refractivity (Wildman–Crippen MR) is 79.2 cm³/mol. The molecule has 0 aliphatic heterocycles. The number of nitrogens with zero attached hydrogens (tertiary/aromatic N) is 3. The first-order valence-corrected chi connectivity index (χ1v) is 8.23. The Morgan fingerprint density at radius 1 is 1.40 bits per heavy atom. The third-order valence-corrected chi connectivity index (χ3v) is 5.01. The summed E-state index contributed by atoms with van der Waals surface area (Å²) in [5.41, 5.74) is 6.29. The van der Waals surface area contributed by atoms with Crippen LogP contribution in [0.2, 0.25) is 0 Å². The molecule has 0 fully saturated rings. The molecule has 0 amide bonds. The van der Waals surface area contributed by atoms with Crippen LogP contribution in [0.5, 0.6) is 0 Å². The van der Waals surface area contributed by atoms with Crippen LogP contribution in [0, 0.1) is 0 Å². The Balaban J connectivity index is 2.32. The molecule has 0 saturated carbocycles. The van der Waals surface area contributed by atoms with Gasteiger partial charge >= 0.3 is 0 Å². The standard InChI is InChI=1S/C11H17N5O2S2/c1-11(2,3)7-5-19-10(14-7)15-20(17,18)9-8(12)13-6-16(9)4/h5-6H,12H2,1-4H3,(H,14,15). The van der Waals surface area contributed by atoms with Gasteiger partial charge in [-0.2, -0.15) is 8.42 Å². The zero-order valence-corrected chi connectivity index (χ0v) is 13.3. The highest BCUT2D eigenvalue weighted by molar-refractivity contribution is 7.93. The van der Waals surface area contributed by atoms with Gasteiger partial charge in [-0.25, -0.2) is 9.97 Å². The van der Waals surface area contributed by atoms with Gasteiger partial charge in [0.05, 0.1) is 12.0 Å². The summed E-state index contributed by atoms with van der Waals surface area (Å²) in [6.45, 7) is 6.04. The molecular weight excluding hydrogens is 298 g/mol. The average Bonchev–Trinajstić information content (AvgIpc) is 2.84. The lowest BCUT2D eigenvalue weighted by atomic mass is 9.93. The smallest absolute Gasteiger partial charge is 0.283 e. The number of aryl methyl sites for hydroxylation is 1. The Hall–Kier alpha value is -1.61. The number of nitrogens with two attached hydrogens (primary N) is 1. The quantitative estimate of drug-likeness (QED) is 0.894. The summed E-state index contributed by atoms with van der Waals surface area (Å²) >= 11 is 1.24. The molecule has 110 valence electrons. The highest BCUT2D eigenvalue weighted by Crippen LogP contribution is 2.28. The molecule has 0 aliphatic rings. The average molecular weight is 315 g/mol. The molecule has 0 aromatic carbocycles. The maximum Gasteiger partial charge on any atom is 0.283 e. The lowest BCUT2D eigenvalue weighted by molar-refractivity contribution is 0.573. The molecule has 20 heavy (non-hydrogen) atoms. The predicted octanol–water partition coefficient (Wildman–Crippen LogP) is 1.56. The number of nitrogen functional groups attached to an aromatic ring is 1. The Bertz CT molecular complexity index is 705. The van der Waals surface area contributed by atoms with Crippen molar-refractivity contribution in [3.63, 3.8) is 0 Å². The minimum absolute atomic E-state index is 0.0346. The van der Waals surface area contributed by atoms with E-state index in [1.165, 1.54) is 22.2 Å². The van der Waals surface area contributed by atoms with Crippen molar-refractivity contribution >= 4 is 32.3 Å². The Kier molecular flexibility index (Phi) is 3.51. The normalized spacial score (nSPS) is 12.6. The molecule has 2 rings (SSSR count). The molecule has 0 atom stereocenters. The van der Waals surface area contributed by atoms with Crippen LogP contribution in [0.15, 0.2) is 16.7 Å².